The van der Waals surface area contributed by atoms with Crippen molar-refractivity contribution in [1.82, 2.24) is 0 Å². The Bertz CT molecular complexity index is 621. The summed E-state index contributed by atoms with van der Waals surface area (Å²) in [6.45, 7) is 1.67. The zero-order valence-electron chi connectivity index (χ0n) is 10.3. The maximum Gasteiger partial charge on any atom is 0.256 e. The van der Waals surface area contributed by atoms with Crippen LogP contribution in [0, 0.1) is 6.92 Å². The Morgan fingerprint density at radius 1 is 1.26 bits per heavy atom. The molecule has 0 saturated heterocycles. The van der Waals surface area contributed by atoms with Gasteiger partial charge in [-0.1, -0.05) is 23.7 Å². The molecule has 4 nitrogen and oxygen atoms in total. The second-order valence-corrected chi connectivity index (χ2v) is 4.52. The van der Waals surface area contributed by atoms with Crippen LogP contribution >= 0.6 is 11.6 Å². The van der Waals surface area contributed by atoms with Crippen molar-refractivity contribution in [2.24, 2.45) is 0 Å². The number of nitrogens with two attached hydrogens (primary N) is 1. The number of aromatic hydroxyl groups is 1. The summed E-state index contributed by atoms with van der Waals surface area (Å²) in [6.07, 6.45) is 0. The minimum Gasteiger partial charge on any atom is -0.508 e. The van der Waals surface area contributed by atoms with Gasteiger partial charge in [-0.2, -0.15) is 0 Å². The summed E-state index contributed by atoms with van der Waals surface area (Å²) >= 11 is 5.99. The molecule has 0 aliphatic rings. The van der Waals surface area contributed by atoms with Crippen molar-refractivity contribution in [3.05, 3.63) is 52.5 Å². The van der Waals surface area contributed by atoms with Crippen molar-refractivity contribution in [2.45, 2.75) is 6.92 Å². The highest BCUT2D eigenvalue weighted by atomic mass is 35.5. The highest BCUT2D eigenvalue weighted by molar-refractivity contribution is 6.34. The molecule has 0 fully saturated rings. The number of para-hydroxylation sites is 1. The first-order valence-electron chi connectivity index (χ1n) is 5.64. The molecular weight excluding hydrogens is 264 g/mol. The van der Waals surface area contributed by atoms with E-state index in [9.17, 15) is 9.90 Å². The molecule has 0 saturated carbocycles. The first-order valence-corrected chi connectivity index (χ1v) is 6.02. The molecule has 98 valence electrons. The number of nitrogens with one attached hydrogen (secondary N) is 1. The Kier molecular flexibility index (Phi) is 3.62. The molecule has 0 atom stereocenters. The predicted octanol–water partition coefficient (Wildman–Crippen LogP) is 3.19. The molecule has 2 aromatic rings. The summed E-state index contributed by atoms with van der Waals surface area (Å²) in [5.74, 6) is -0.298. The summed E-state index contributed by atoms with van der Waals surface area (Å²) in [7, 11) is 0. The number of nitrogen functional groups attached to an aromatic ring is 1. The number of rotatable bonds is 2. The van der Waals surface area contributed by atoms with E-state index in [1.54, 1.807) is 37.3 Å². The van der Waals surface area contributed by atoms with E-state index in [0.717, 1.165) is 0 Å². The van der Waals surface area contributed by atoms with Gasteiger partial charge in [-0.3, -0.25) is 4.79 Å². The van der Waals surface area contributed by atoms with E-state index in [0.29, 0.717) is 27.5 Å². The highest BCUT2D eigenvalue weighted by Crippen LogP contribution is 2.29. The summed E-state index contributed by atoms with van der Waals surface area (Å²) in [6, 6.07) is 9.74. The van der Waals surface area contributed by atoms with Crippen molar-refractivity contribution in [2.75, 3.05) is 11.1 Å². The van der Waals surface area contributed by atoms with Gasteiger partial charge in [0.1, 0.15) is 5.75 Å². The smallest absolute Gasteiger partial charge is 0.256 e. The Morgan fingerprint density at radius 2 is 1.95 bits per heavy atom. The van der Waals surface area contributed by atoms with Gasteiger partial charge in [0.2, 0.25) is 0 Å². The molecule has 0 spiro atoms. The number of amides is 1. The van der Waals surface area contributed by atoms with Gasteiger partial charge in [0.25, 0.3) is 5.91 Å². The van der Waals surface area contributed by atoms with Gasteiger partial charge in [0.15, 0.2) is 0 Å². The van der Waals surface area contributed by atoms with Gasteiger partial charge < -0.3 is 16.2 Å². The third-order valence-corrected chi connectivity index (χ3v) is 3.15. The highest BCUT2D eigenvalue weighted by Gasteiger charge is 2.14. The van der Waals surface area contributed by atoms with Crippen LogP contribution in [-0.2, 0) is 0 Å². The van der Waals surface area contributed by atoms with Crippen molar-refractivity contribution in [1.29, 1.82) is 0 Å². The van der Waals surface area contributed by atoms with E-state index in [1.807, 2.05) is 0 Å². The van der Waals surface area contributed by atoms with Gasteiger partial charge in [-0.25, -0.2) is 0 Å². The van der Waals surface area contributed by atoms with Gasteiger partial charge in [0.05, 0.1) is 16.4 Å². The minimum absolute atomic E-state index is 0.0692. The molecule has 4 N–H and O–H groups in total. The quantitative estimate of drug-likeness (QED) is 0.737. The van der Waals surface area contributed by atoms with Crippen LogP contribution in [0.25, 0.3) is 0 Å². The number of phenols is 1. The topological polar surface area (TPSA) is 75.3 Å². The van der Waals surface area contributed by atoms with Crippen LogP contribution in [0.15, 0.2) is 36.4 Å². The van der Waals surface area contributed by atoms with Gasteiger partial charge in [-0.15, -0.1) is 0 Å². The Balaban J connectivity index is 2.34. The van der Waals surface area contributed by atoms with Crippen molar-refractivity contribution >= 4 is 28.9 Å². The normalized spacial score (nSPS) is 10.2. The minimum atomic E-state index is -0.367. The Hall–Kier alpha value is -2.20. The number of hydrogen-bond donors (Lipinski definition) is 3. The molecule has 0 bridgehead atoms. The Labute approximate surface area is 115 Å². The third-order valence-electron chi connectivity index (χ3n) is 2.83. The Morgan fingerprint density at radius 3 is 2.63 bits per heavy atom. The average Bonchev–Trinajstić information content (AvgIpc) is 2.37. The van der Waals surface area contributed by atoms with Crippen molar-refractivity contribution in [3.63, 3.8) is 0 Å². The molecular formula is C14H13ClN2O2. The maximum absolute atomic E-state index is 12.2. The van der Waals surface area contributed by atoms with Crippen LogP contribution in [0.3, 0.4) is 0 Å². The molecule has 0 aromatic heterocycles. The largest absolute Gasteiger partial charge is 0.508 e. The van der Waals surface area contributed by atoms with E-state index in [-0.39, 0.29) is 11.7 Å². The monoisotopic (exact) mass is 276 g/mol. The van der Waals surface area contributed by atoms with E-state index in [2.05, 4.69) is 5.32 Å². The molecule has 0 heterocycles. The molecule has 5 heteroatoms. The zero-order valence-corrected chi connectivity index (χ0v) is 11.0. The number of benzene rings is 2. The summed E-state index contributed by atoms with van der Waals surface area (Å²) < 4.78 is 0. The van der Waals surface area contributed by atoms with Crippen LogP contribution in [0.4, 0.5) is 11.4 Å². The number of carbonyl (C=O) groups excluding carboxylic acids is 1. The summed E-state index contributed by atoms with van der Waals surface area (Å²) in [4.78, 5) is 12.2. The lowest BCUT2D eigenvalue weighted by Gasteiger charge is -2.11. The van der Waals surface area contributed by atoms with Crippen LogP contribution < -0.4 is 11.1 Å². The van der Waals surface area contributed by atoms with Crippen molar-refractivity contribution < 1.29 is 9.90 Å². The van der Waals surface area contributed by atoms with Crippen LogP contribution in [0.5, 0.6) is 5.75 Å². The molecule has 2 rings (SSSR count). The number of hydrogen-bond acceptors (Lipinski definition) is 3. The lowest BCUT2D eigenvalue weighted by molar-refractivity contribution is 0.102. The van der Waals surface area contributed by atoms with Gasteiger partial charge >= 0.3 is 0 Å². The zero-order chi connectivity index (χ0) is 14.0. The maximum atomic E-state index is 12.2. The first kappa shape index (κ1) is 13.2. The van der Waals surface area contributed by atoms with E-state index in [1.165, 1.54) is 6.07 Å². The number of carbonyl (C=O) groups is 1. The van der Waals surface area contributed by atoms with Crippen molar-refractivity contribution in [3.8, 4) is 5.75 Å². The van der Waals surface area contributed by atoms with E-state index < -0.39 is 0 Å². The van der Waals surface area contributed by atoms with Crippen LogP contribution in [-0.4, -0.2) is 11.0 Å². The fourth-order valence-corrected chi connectivity index (χ4v) is 1.95. The summed E-state index contributed by atoms with van der Waals surface area (Å²) in [5, 5.41) is 12.6. The van der Waals surface area contributed by atoms with Crippen LogP contribution in [0.2, 0.25) is 5.02 Å². The fourth-order valence-electron chi connectivity index (χ4n) is 1.72. The number of halogens is 1. The molecule has 0 unspecified atom stereocenters. The standard InChI is InChI=1S/C14H13ClN2O2/c1-8-9(4-2-7-12(8)18)14(19)17-13-10(15)5-3-6-11(13)16/h2-7,18H,16H2,1H3,(H,17,19). The molecule has 1 amide bonds. The molecule has 0 radical (unpaired) electrons. The second kappa shape index (κ2) is 5.20. The molecule has 19 heavy (non-hydrogen) atoms. The summed E-state index contributed by atoms with van der Waals surface area (Å²) in [5.41, 5.74) is 7.41. The molecule has 2 aromatic carbocycles. The first-order chi connectivity index (χ1) is 9.00. The van der Waals surface area contributed by atoms with E-state index in [4.69, 9.17) is 17.3 Å². The third kappa shape index (κ3) is 2.63. The second-order valence-electron chi connectivity index (χ2n) is 4.11. The number of anilines is 2. The lowest BCUT2D eigenvalue weighted by Crippen LogP contribution is -2.14. The van der Waals surface area contributed by atoms with E-state index >= 15 is 0 Å². The van der Waals surface area contributed by atoms with Crippen LogP contribution in [0.1, 0.15) is 15.9 Å². The average molecular weight is 277 g/mol. The van der Waals surface area contributed by atoms with Gasteiger partial charge in [0, 0.05) is 11.1 Å². The molecule has 0 aliphatic carbocycles. The number of phenolic OH excluding ortho intramolecular Hbond substituents is 1. The SMILES string of the molecule is Cc1c(O)cccc1C(=O)Nc1c(N)cccc1Cl. The fraction of sp³-hybridized carbons (Fsp3) is 0.0714. The predicted molar refractivity (Wildman–Crippen MR) is 76.7 cm³/mol. The van der Waals surface area contributed by atoms with Gasteiger partial charge in [-0.05, 0) is 31.2 Å². The molecule has 0 aliphatic heterocycles. The lowest BCUT2D eigenvalue weighted by atomic mass is 10.1.